The number of nitrogens with two attached hydrogens (primary N) is 1. The molecule has 0 saturated carbocycles. The lowest BCUT2D eigenvalue weighted by atomic mass is 10.1. The van der Waals surface area contributed by atoms with Gasteiger partial charge in [-0.1, -0.05) is 12.1 Å². The van der Waals surface area contributed by atoms with Crippen LogP contribution in [0.25, 0.3) is 5.82 Å². The SMILES string of the molecule is COc1ccc(N2C(N)=c3ccoc3=NC2c2cccc(OC)c2)cc1. The minimum Gasteiger partial charge on any atom is -0.497 e. The summed E-state index contributed by atoms with van der Waals surface area (Å²) in [7, 11) is 3.28. The van der Waals surface area contributed by atoms with Crippen LogP contribution in [0.2, 0.25) is 0 Å². The maximum absolute atomic E-state index is 6.50. The van der Waals surface area contributed by atoms with E-state index in [-0.39, 0.29) is 6.17 Å². The molecule has 3 aromatic rings. The molecule has 0 aliphatic carbocycles. The lowest BCUT2D eigenvalue weighted by Crippen LogP contribution is -2.43. The molecule has 0 saturated heterocycles. The predicted octanol–water partition coefficient (Wildman–Crippen LogP) is 2.16. The maximum atomic E-state index is 6.50. The fourth-order valence-electron chi connectivity index (χ4n) is 3.08. The Hall–Kier alpha value is -3.41. The summed E-state index contributed by atoms with van der Waals surface area (Å²) in [5.41, 5.74) is 8.88. The second kappa shape index (κ2) is 6.48. The summed E-state index contributed by atoms with van der Waals surface area (Å²) in [4.78, 5) is 6.75. The highest BCUT2D eigenvalue weighted by Crippen LogP contribution is 2.33. The second-order valence-corrected chi connectivity index (χ2v) is 5.87. The van der Waals surface area contributed by atoms with Crippen LogP contribution in [0.3, 0.4) is 0 Å². The van der Waals surface area contributed by atoms with E-state index >= 15 is 0 Å². The first-order valence-electron chi connectivity index (χ1n) is 8.19. The van der Waals surface area contributed by atoms with Gasteiger partial charge in [-0.25, -0.2) is 4.99 Å². The molecule has 6 heteroatoms. The highest BCUT2D eigenvalue weighted by atomic mass is 16.5. The Kier molecular flexibility index (Phi) is 4.01. The number of furan rings is 1. The van der Waals surface area contributed by atoms with Gasteiger partial charge in [-0.05, 0) is 42.5 Å². The number of hydrogen-bond acceptors (Lipinski definition) is 6. The molecule has 1 aliphatic heterocycles. The van der Waals surface area contributed by atoms with Crippen LogP contribution in [0.5, 0.6) is 11.5 Å². The predicted molar refractivity (Wildman–Crippen MR) is 98.3 cm³/mol. The molecule has 2 N–H and O–H groups in total. The van der Waals surface area contributed by atoms with Gasteiger partial charge >= 0.3 is 0 Å². The fourth-order valence-corrected chi connectivity index (χ4v) is 3.08. The van der Waals surface area contributed by atoms with Crippen LogP contribution in [-0.4, -0.2) is 14.2 Å². The third-order valence-corrected chi connectivity index (χ3v) is 4.41. The van der Waals surface area contributed by atoms with E-state index in [1.807, 2.05) is 59.5 Å². The molecular formula is C20H19N3O3. The molecule has 6 nitrogen and oxygen atoms in total. The Morgan fingerprint density at radius 1 is 1.00 bits per heavy atom. The van der Waals surface area contributed by atoms with E-state index in [0.717, 1.165) is 28.0 Å². The van der Waals surface area contributed by atoms with Gasteiger partial charge in [0.2, 0.25) is 5.55 Å². The van der Waals surface area contributed by atoms with Gasteiger partial charge in [0.15, 0.2) is 6.17 Å². The zero-order valence-electron chi connectivity index (χ0n) is 14.5. The highest BCUT2D eigenvalue weighted by Gasteiger charge is 2.27. The Morgan fingerprint density at radius 2 is 1.77 bits per heavy atom. The van der Waals surface area contributed by atoms with Crippen LogP contribution in [0.4, 0.5) is 5.69 Å². The molecule has 1 atom stereocenters. The summed E-state index contributed by atoms with van der Waals surface area (Å²) >= 11 is 0. The normalized spacial score (nSPS) is 16.0. The molecule has 0 bridgehead atoms. The largest absolute Gasteiger partial charge is 0.497 e. The topological polar surface area (TPSA) is 73.2 Å². The molecule has 132 valence electrons. The molecule has 0 amide bonds. The monoisotopic (exact) mass is 349 g/mol. The molecule has 4 rings (SSSR count). The number of ether oxygens (including phenoxy) is 2. The smallest absolute Gasteiger partial charge is 0.227 e. The molecule has 1 aromatic heterocycles. The van der Waals surface area contributed by atoms with Gasteiger partial charge in [0.05, 0.1) is 25.7 Å². The third-order valence-electron chi connectivity index (χ3n) is 4.41. The minimum absolute atomic E-state index is 0.364. The number of rotatable bonds is 4. The van der Waals surface area contributed by atoms with E-state index in [1.165, 1.54) is 0 Å². The van der Waals surface area contributed by atoms with Crippen LogP contribution in [0.15, 0.2) is 70.3 Å². The Balaban J connectivity index is 1.88. The average molecular weight is 349 g/mol. The van der Waals surface area contributed by atoms with Crippen molar-refractivity contribution in [2.45, 2.75) is 6.17 Å². The van der Waals surface area contributed by atoms with Crippen LogP contribution >= 0.6 is 0 Å². The number of anilines is 1. The van der Waals surface area contributed by atoms with E-state index < -0.39 is 0 Å². The zero-order valence-corrected chi connectivity index (χ0v) is 14.5. The lowest BCUT2D eigenvalue weighted by molar-refractivity contribution is 0.413. The summed E-state index contributed by atoms with van der Waals surface area (Å²) in [6.45, 7) is 0. The highest BCUT2D eigenvalue weighted by molar-refractivity contribution is 5.69. The van der Waals surface area contributed by atoms with Crippen molar-refractivity contribution in [2.75, 3.05) is 19.1 Å². The number of benzene rings is 2. The summed E-state index contributed by atoms with van der Waals surface area (Å²) < 4.78 is 16.1. The Morgan fingerprint density at radius 3 is 2.50 bits per heavy atom. The molecule has 1 aliphatic rings. The quantitative estimate of drug-likeness (QED) is 0.781. The van der Waals surface area contributed by atoms with Crippen LogP contribution in [0.1, 0.15) is 11.7 Å². The molecular weight excluding hydrogens is 330 g/mol. The van der Waals surface area contributed by atoms with Gasteiger partial charge in [-0.2, -0.15) is 0 Å². The first-order valence-corrected chi connectivity index (χ1v) is 8.19. The molecule has 2 heterocycles. The van der Waals surface area contributed by atoms with Gasteiger partial charge in [-0.3, -0.25) is 0 Å². The summed E-state index contributed by atoms with van der Waals surface area (Å²) in [5, 5.41) is 0.778. The number of nitrogens with zero attached hydrogens (tertiary/aromatic N) is 2. The first kappa shape index (κ1) is 16.1. The van der Waals surface area contributed by atoms with Crippen LogP contribution < -0.4 is 30.9 Å². The Bertz CT molecular complexity index is 1040. The van der Waals surface area contributed by atoms with Gasteiger partial charge in [0, 0.05) is 11.3 Å². The van der Waals surface area contributed by atoms with E-state index in [9.17, 15) is 0 Å². The molecule has 0 radical (unpaired) electrons. The van der Waals surface area contributed by atoms with Crippen LogP contribution in [0, 0.1) is 0 Å². The molecule has 26 heavy (non-hydrogen) atoms. The van der Waals surface area contributed by atoms with Crippen molar-refractivity contribution < 1.29 is 13.9 Å². The molecule has 2 aromatic carbocycles. The van der Waals surface area contributed by atoms with Crippen molar-refractivity contribution in [3.05, 3.63) is 77.2 Å². The van der Waals surface area contributed by atoms with E-state index in [1.54, 1.807) is 20.5 Å². The third kappa shape index (κ3) is 2.65. The fraction of sp³-hybridized carbons (Fsp3) is 0.150. The van der Waals surface area contributed by atoms with Crippen molar-refractivity contribution >= 4 is 11.5 Å². The number of hydrogen-bond donors (Lipinski definition) is 1. The van der Waals surface area contributed by atoms with Crippen molar-refractivity contribution in [3.8, 4) is 11.5 Å². The maximum Gasteiger partial charge on any atom is 0.227 e. The number of methoxy groups -OCH3 is 2. The van der Waals surface area contributed by atoms with Crippen LogP contribution in [-0.2, 0) is 0 Å². The van der Waals surface area contributed by atoms with E-state index in [0.29, 0.717) is 11.4 Å². The van der Waals surface area contributed by atoms with Crippen molar-refractivity contribution in [1.29, 1.82) is 0 Å². The molecule has 0 spiro atoms. The number of fused-ring (bicyclic) bond motifs is 1. The van der Waals surface area contributed by atoms with Gasteiger partial charge in [0.25, 0.3) is 0 Å². The standard InChI is InChI=1S/C20H19N3O3/c1-24-15-8-6-14(7-9-15)23-18(21)17-10-11-26-20(17)22-19(23)13-4-3-5-16(12-13)25-2/h3-12,19H,21H2,1-2H3. The van der Waals surface area contributed by atoms with Crippen molar-refractivity contribution in [1.82, 2.24) is 0 Å². The van der Waals surface area contributed by atoms with E-state index in [4.69, 9.17) is 24.6 Å². The Labute approximate surface area is 150 Å². The molecule has 0 fully saturated rings. The minimum atomic E-state index is -0.364. The first-order chi connectivity index (χ1) is 12.7. The zero-order chi connectivity index (χ0) is 18.1. The second-order valence-electron chi connectivity index (χ2n) is 5.87. The summed E-state index contributed by atoms with van der Waals surface area (Å²) in [6, 6.07) is 17.3. The summed E-state index contributed by atoms with van der Waals surface area (Å²) in [5.74, 6) is 2.13. The van der Waals surface area contributed by atoms with Gasteiger partial charge < -0.3 is 24.5 Å². The van der Waals surface area contributed by atoms with Crippen molar-refractivity contribution in [2.24, 2.45) is 10.7 Å². The average Bonchev–Trinajstić information content (AvgIpc) is 3.17. The molecule has 1 unspecified atom stereocenters. The lowest BCUT2D eigenvalue weighted by Gasteiger charge is -2.33. The van der Waals surface area contributed by atoms with Crippen molar-refractivity contribution in [3.63, 3.8) is 0 Å². The summed E-state index contributed by atoms with van der Waals surface area (Å²) in [6.07, 6.45) is 1.23. The van der Waals surface area contributed by atoms with Gasteiger partial charge in [-0.15, -0.1) is 0 Å². The van der Waals surface area contributed by atoms with E-state index in [2.05, 4.69) is 0 Å². The van der Waals surface area contributed by atoms with Gasteiger partial charge in [0.1, 0.15) is 17.3 Å².